The monoisotopic (exact) mass is 271 g/mol. The first-order valence-corrected chi connectivity index (χ1v) is 7.95. The first-order valence-electron chi connectivity index (χ1n) is 7.95. The van der Waals surface area contributed by atoms with Crippen molar-refractivity contribution >= 4 is 11.0 Å². The summed E-state index contributed by atoms with van der Waals surface area (Å²) < 4.78 is 2.22. The summed E-state index contributed by atoms with van der Waals surface area (Å²) in [6.45, 7) is 2.22. The first kappa shape index (κ1) is 13.6. The Morgan fingerprint density at radius 1 is 1.20 bits per heavy atom. The zero-order valence-corrected chi connectivity index (χ0v) is 12.4. The van der Waals surface area contributed by atoms with Crippen LogP contribution >= 0.6 is 0 Å². The molecule has 1 aromatic carbocycles. The molecule has 1 aliphatic rings. The van der Waals surface area contributed by atoms with E-state index < -0.39 is 0 Å². The van der Waals surface area contributed by atoms with Gasteiger partial charge in [-0.3, -0.25) is 0 Å². The summed E-state index contributed by atoms with van der Waals surface area (Å²) in [6, 6.07) is 8.37. The highest BCUT2D eigenvalue weighted by Crippen LogP contribution is 2.22. The molecule has 3 heteroatoms. The van der Waals surface area contributed by atoms with Crippen molar-refractivity contribution in [2.45, 2.75) is 38.5 Å². The molecular weight excluding hydrogens is 246 g/mol. The molecule has 3 rings (SSSR count). The lowest BCUT2D eigenvalue weighted by Crippen LogP contribution is -2.26. The van der Waals surface area contributed by atoms with Crippen LogP contribution in [0.4, 0.5) is 0 Å². The Morgan fingerprint density at radius 3 is 2.80 bits per heavy atom. The van der Waals surface area contributed by atoms with Gasteiger partial charge >= 0.3 is 0 Å². The molecule has 1 N–H and O–H groups in total. The summed E-state index contributed by atoms with van der Waals surface area (Å²) >= 11 is 0. The molecule has 1 heterocycles. The Morgan fingerprint density at radius 2 is 2.00 bits per heavy atom. The van der Waals surface area contributed by atoms with Gasteiger partial charge in [0.15, 0.2) is 0 Å². The van der Waals surface area contributed by atoms with Gasteiger partial charge in [0.1, 0.15) is 5.82 Å². The molecule has 1 fully saturated rings. The highest BCUT2D eigenvalue weighted by molar-refractivity contribution is 5.75. The summed E-state index contributed by atoms with van der Waals surface area (Å²) in [5.41, 5.74) is 2.34. The Balaban J connectivity index is 1.51. The number of aryl methyl sites for hydroxylation is 1. The van der Waals surface area contributed by atoms with Crippen molar-refractivity contribution in [3.63, 3.8) is 0 Å². The molecule has 0 unspecified atom stereocenters. The van der Waals surface area contributed by atoms with Gasteiger partial charge in [0.2, 0.25) is 0 Å². The minimum Gasteiger partial charge on any atom is -0.331 e. The second-order valence-electron chi connectivity index (χ2n) is 6.03. The summed E-state index contributed by atoms with van der Waals surface area (Å²) in [4.78, 5) is 4.72. The van der Waals surface area contributed by atoms with Crippen molar-refractivity contribution in [3.8, 4) is 0 Å². The van der Waals surface area contributed by atoms with Gasteiger partial charge in [0, 0.05) is 20.0 Å². The van der Waals surface area contributed by atoms with Crippen LogP contribution in [0.15, 0.2) is 24.3 Å². The Kier molecular flexibility index (Phi) is 4.36. The summed E-state index contributed by atoms with van der Waals surface area (Å²) in [6.07, 6.45) is 8.14. The smallest absolute Gasteiger partial charge is 0.110 e. The number of rotatable bonds is 5. The van der Waals surface area contributed by atoms with E-state index in [2.05, 4.69) is 41.2 Å². The van der Waals surface area contributed by atoms with Gasteiger partial charge in [-0.05, 0) is 37.4 Å². The fourth-order valence-corrected chi connectivity index (χ4v) is 3.32. The zero-order chi connectivity index (χ0) is 13.8. The minimum atomic E-state index is 0.907. The van der Waals surface area contributed by atoms with E-state index in [1.165, 1.54) is 50.0 Å². The maximum absolute atomic E-state index is 4.72. The predicted octanol–water partition coefficient (Wildman–Crippen LogP) is 3.29. The Hall–Kier alpha value is -1.35. The van der Waals surface area contributed by atoms with E-state index in [4.69, 9.17) is 4.98 Å². The van der Waals surface area contributed by atoms with Crippen LogP contribution in [0.3, 0.4) is 0 Å². The van der Waals surface area contributed by atoms with E-state index in [9.17, 15) is 0 Å². The van der Waals surface area contributed by atoms with Crippen molar-refractivity contribution in [1.82, 2.24) is 14.9 Å². The van der Waals surface area contributed by atoms with Crippen LogP contribution in [0.25, 0.3) is 11.0 Å². The quantitative estimate of drug-likeness (QED) is 0.846. The van der Waals surface area contributed by atoms with Gasteiger partial charge < -0.3 is 9.88 Å². The van der Waals surface area contributed by atoms with E-state index in [0.717, 1.165) is 24.4 Å². The predicted molar refractivity (Wildman–Crippen MR) is 83.9 cm³/mol. The molecule has 1 aromatic heterocycles. The lowest BCUT2D eigenvalue weighted by atomic mass is 9.89. The number of nitrogens with zero attached hydrogens (tertiary/aromatic N) is 2. The summed E-state index contributed by atoms with van der Waals surface area (Å²) in [5.74, 6) is 2.09. The highest BCUT2D eigenvalue weighted by Gasteiger charge is 2.12. The van der Waals surface area contributed by atoms with Crippen molar-refractivity contribution in [2.24, 2.45) is 13.0 Å². The van der Waals surface area contributed by atoms with Gasteiger partial charge in [-0.1, -0.05) is 31.4 Å². The standard InChI is InChI=1S/C17H25N3/c1-20-16-10-6-5-9-15(16)19-17(20)11-12-18-13-14-7-3-2-4-8-14/h5-6,9-10,14,18H,2-4,7-8,11-13H2,1H3. The number of nitrogens with one attached hydrogen (secondary N) is 1. The molecule has 1 saturated carbocycles. The first-order chi connectivity index (χ1) is 9.84. The molecule has 0 radical (unpaired) electrons. The number of hydrogen-bond acceptors (Lipinski definition) is 2. The molecule has 108 valence electrons. The molecule has 20 heavy (non-hydrogen) atoms. The van der Waals surface area contributed by atoms with E-state index in [1.807, 2.05) is 0 Å². The molecule has 0 aliphatic heterocycles. The van der Waals surface area contributed by atoms with E-state index >= 15 is 0 Å². The van der Waals surface area contributed by atoms with Crippen LogP contribution in [0.1, 0.15) is 37.9 Å². The molecule has 1 aliphatic carbocycles. The average molecular weight is 271 g/mol. The van der Waals surface area contributed by atoms with Crippen LogP contribution in [-0.4, -0.2) is 22.6 Å². The van der Waals surface area contributed by atoms with Crippen LogP contribution < -0.4 is 5.32 Å². The third-order valence-electron chi connectivity index (χ3n) is 4.56. The lowest BCUT2D eigenvalue weighted by molar-refractivity contribution is 0.343. The van der Waals surface area contributed by atoms with Crippen LogP contribution in [0.5, 0.6) is 0 Å². The molecular formula is C17H25N3. The molecule has 0 bridgehead atoms. The lowest BCUT2D eigenvalue weighted by Gasteiger charge is -2.21. The van der Waals surface area contributed by atoms with E-state index in [-0.39, 0.29) is 0 Å². The molecule has 2 aromatic rings. The maximum Gasteiger partial charge on any atom is 0.110 e. The van der Waals surface area contributed by atoms with Crippen LogP contribution in [0, 0.1) is 5.92 Å². The third-order valence-corrected chi connectivity index (χ3v) is 4.56. The van der Waals surface area contributed by atoms with Crippen molar-refractivity contribution in [2.75, 3.05) is 13.1 Å². The number of imidazole rings is 1. The van der Waals surface area contributed by atoms with E-state index in [1.54, 1.807) is 0 Å². The van der Waals surface area contributed by atoms with Crippen LogP contribution in [0.2, 0.25) is 0 Å². The Labute approximate surface area is 121 Å². The average Bonchev–Trinajstić information content (AvgIpc) is 2.82. The summed E-state index contributed by atoms with van der Waals surface area (Å²) in [7, 11) is 2.12. The molecule has 0 spiro atoms. The molecule has 0 atom stereocenters. The van der Waals surface area contributed by atoms with Crippen LogP contribution in [-0.2, 0) is 13.5 Å². The number of hydrogen-bond donors (Lipinski definition) is 1. The largest absolute Gasteiger partial charge is 0.331 e. The SMILES string of the molecule is Cn1c(CCNCC2CCCCC2)nc2ccccc21. The zero-order valence-electron chi connectivity index (χ0n) is 12.4. The van der Waals surface area contributed by atoms with E-state index in [0.29, 0.717) is 0 Å². The molecule has 3 nitrogen and oxygen atoms in total. The fraction of sp³-hybridized carbons (Fsp3) is 0.588. The summed E-state index contributed by atoms with van der Waals surface area (Å²) in [5, 5.41) is 3.62. The minimum absolute atomic E-state index is 0.907. The number of fused-ring (bicyclic) bond motifs is 1. The van der Waals surface area contributed by atoms with Gasteiger partial charge in [-0.2, -0.15) is 0 Å². The van der Waals surface area contributed by atoms with Gasteiger partial charge in [-0.15, -0.1) is 0 Å². The topological polar surface area (TPSA) is 29.9 Å². The van der Waals surface area contributed by atoms with Gasteiger partial charge in [-0.25, -0.2) is 4.98 Å². The molecule has 0 amide bonds. The fourth-order valence-electron chi connectivity index (χ4n) is 3.32. The normalized spacial score (nSPS) is 16.9. The second-order valence-corrected chi connectivity index (χ2v) is 6.03. The molecule has 0 saturated heterocycles. The second kappa shape index (κ2) is 6.40. The van der Waals surface area contributed by atoms with Gasteiger partial charge in [0.25, 0.3) is 0 Å². The van der Waals surface area contributed by atoms with Crippen molar-refractivity contribution < 1.29 is 0 Å². The Bertz CT molecular complexity index is 552. The highest BCUT2D eigenvalue weighted by atomic mass is 15.1. The number of benzene rings is 1. The third kappa shape index (κ3) is 3.04. The van der Waals surface area contributed by atoms with Crippen molar-refractivity contribution in [3.05, 3.63) is 30.1 Å². The van der Waals surface area contributed by atoms with Crippen molar-refractivity contribution in [1.29, 1.82) is 0 Å². The number of para-hydroxylation sites is 2. The van der Waals surface area contributed by atoms with Gasteiger partial charge in [0.05, 0.1) is 11.0 Å². The number of aromatic nitrogens is 2. The maximum atomic E-state index is 4.72.